The number of hydrogen-bond acceptors (Lipinski definition) is 4. The molecule has 1 saturated carbocycles. The molecular formula is C40H45F2NO2S. The van der Waals surface area contributed by atoms with Crippen LogP contribution in [-0.2, 0) is 21.9 Å². The quantitative estimate of drug-likeness (QED) is 0.0932. The van der Waals surface area contributed by atoms with E-state index in [1.165, 1.54) is 48.7 Å². The zero-order chi connectivity index (χ0) is 33.1. The standard InChI is InChI=1S/C40H45F2NO2S/c1-28-10-5-12-31(21-19-28)23-24-33-14-9-25-43-35(27-33)36(44)15-6-11-30(3)38-17-8-18-39(46-38)37(45)16-7-13-32-22-20-29(2)34(26-32)40(4,41)42/h6-7,14-18,20,22,25-27,30-31H,1,5,8,10-13,19,21,23-24H2,2-4H3/b15-6+,16-7+. The molecule has 2 unspecified atom stereocenters. The van der Waals surface area contributed by atoms with Crippen LogP contribution < -0.4 is 0 Å². The Hall–Kier alpha value is -3.60. The van der Waals surface area contributed by atoms with Gasteiger partial charge in [-0.2, -0.15) is 0 Å². The number of rotatable bonds is 13. The number of alkyl halides is 2. The third-order valence-corrected chi connectivity index (χ3v) is 10.1. The first-order chi connectivity index (χ1) is 22.0. The molecule has 2 aliphatic heterocycles. The van der Waals surface area contributed by atoms with Crippen molar-refractivity contribution in [3.05, 3.63) is 123 Å². The van der Waals surface area contributed by atoms with Crippen molar-refractivity contribution in [2.24, 2.45) is 16.8 Å². The molecule has 0 spiro atoms. The Bertz CT molecular complexity index is 1570. The molecule has 1 aliphatic carbocycles. The lowest BCUT2D eigenvalue weighted by Gasteiger charge is -2.18. The summed E-state index contributed by atoms with van der Waals surface area (Å²) in [5, 5.41) is 0. The van der Waals surface area contributed by atoms with Gasteiger partial charge in [0.25, 0.3) is 5.92 Å². The number of allylic oxidation sites excluding steroid dienone is 12. The van der Waals surface area contributed by atoms with Gasteiger partial charge in [-0.15, -0.1) is 5.73 Å². The van der Waals surface area contributed by atoms with Gasteiger partial charge in [0.15, 0.2) is 5.78 Å². The van der Waals surface area contributed by atoms with Gasteiger partial charge < -0.3 is 0 Å². The summed E-state index contributed by atoms with van der Waals surface area (Å²) in [4.78, 5) is 32.0. The van der Waals surface area contributed by atoms with Gasteiger partial charge in [0.1, 0.15) is 5.71 Å². The molecule has 1 aromatic rings. The van der Waals surface area contributed by atoms with Crippen LogP contribution in [0.15, 0.2) is 111 Å². The van der Waals surface area contributed by atoms with Crippen LogP contribution in [-0.4, -0.2) is 17.3 Å². The van der Waals surface area contributed by atoms with Crippen molar-refractivity contribution < 1.29 is 18.4 Å². The Kier molecular flexibility index (Phi) is 12.9. The average Bonchev–Trinajstić information content (AvgIpc) is 3.40. The topological polar surface area (TPSA) is 46.5 Å². The van der Waals surface area contributed by atoms with E-state index >= 15 is 0 Å². The van der Waals surface area contributed by atoms with E-state index in [0.717, 1.165) is 48.6 Å². The molecule has 0 amide bonds. The van der Waals surface area contributed by atoms with Crippen molar-refractivity contribution in [2.45, 2.75) is 90.9 Å². The number of aliphatic imine (C=N–C) groups is 1. The smallest absolute Gasteiger partial charge is 0.270 e. The largest absolute Gasteiger partial charge is 0.289 e. The Morgan fingerprint density at radius 1 is 1.15 bits per heavy atom. The van der Waals surface area contributed by atoms with E-state index in [9.17, 15) is 18.4 Å². The van der Waals surface area contributed by atoms with E-state index in [0.29, 0.717) is 41.4 Å². The molecule has 0 N–H and O–H groups in total. The highest BCUT2D eigenvalue weighted by Gasteiger charge is 2.26. The Morgan fingerprint density at radius 3 is 2.76 bits per heavy atom. The van der Waals surface area contributed by atoms with Crippen LogP contribution in [0.1, 0.15) is 88.3 Å². The van der Waals surface area contributed by atoms with Crippen molar-refractivity contribution in [2.75, 3.05) is 0 Å². The highest BCUT2D eigenvalue weighted by molar-refractivity contribution is 8.07. The van der Waals surface area contributed by atoms with Crippen LogP contribution in [0.5, 0.6) is 0 Å². The van der Waals surface area contributed by atoms with E-state index in [2.05, 4.69) is 30.3 Å². The number of halogens is 2. The minimum Gasteiger partial charge on any atom is -0.289 e. The van der Waals surface area contributed by atoms with E-state index in [1.54, 1.807) is 31.3 Å². The highest BCUT2D eigenvalue weighted by Crippen LogP contribution is 2.37. The second kappa shape index (κ2) is 16.8. The molecule has 0 radical (unpaired) electrons. The van der Waals surface area contributed by atoms with Crippen molar-refractivity contribution >= 4 is 29.0 Å². The van der Waals surface area contributed by atoms with Gasteiger partial charge in [-0.25, -0.2) is 13.8 Å². The Labute approximate surface area is 277 Å². The average molecular weight is 642 g/mol. The summed E-state index contributed by atoms with van der Waals surface area (Å²) in [6.07, 6.45) is 25.8. The maximum Gasteiger partial charge on any atom is 0.270 e. The van der Waals surface area contributed by atoms with Gasteiger partial charge in [0.2, 0.25) is 5.78 Å². The monoisotopic (exact) mass is 641 g/mol. The van der Waals surface area contributed by atoms with Crippen LogP contribution in [0, 0.1) is 18.8 Å². The van der Waals surface area contributed by atoms with Crippen molar-refractivity contribution in [1.82, 2.24) is 0 Å². The number of hydrogen-bond donors (Lipinski definition) is 0. The first kappa shape index (κ1) is 35.3. The second-order valence-electron chi connectivity index (χ2n) is 12.7. The van der Waals surface area contributed by atoms with Crippen molar-refractivity contribution in [1.29, 1.82) is 0 Å². The van der Waals surface area contributed by atoms with Gasteiger partial charge in [0.05, 0.1) is 11.1 Å². The summed E-state index contributed by atoms with van der Waals surface area (Å²) < 4.78 is 27.8. The van der Waals surface area contributed by atoms with Gasteiger partial charge in [-0.1, -0.05) is 73.7 Å². The number of aryl methyl sites for hydroxylation is 1. The number of carbonyl (C=O) groups excluding carboxylic acids is 2. The molecule has 2 atom stereocenters. The van der Waals surface area contributed by atoms with Crippen LogP contribution in [0.2, 0.25) is 0 Å². The van der Waals surface area contributed by atoms with Gasteiger partial charge in [0, 0.05) is 12.5 Å². The first-order valence-corrected chi connectivity index (χ1v) is 17.1. The molecule has 46 heavy (non-hydrogen) atoms. The molecule has 242 valence electrons. The molecule has 0 aromatic heterocycles. The van der Waals surface area contributed by atoms with Gasteiger partial charge in [-0.05, 0) is 129 Å². The number of carbonyl (C=O) groups is 2. The summed E-state index contributed by atoms with van der Waals surface area (Å²) in [6, 6.07) is 5.03. The fraction of sp³-hybridized carbons (Fsp3) is 0.400. The van der Waals surface area contributed by atoms with Crippen LogP contribution in [0.25, 0.3) is 0 Å². The summed E-state index contributed by atoms with van der Waals surface area (Å²) in [5.41, 5.74) is 7.26. The molecule has 3 aliphatic rings. The molecule has 3 nitrogen and oxygen atoms in total. The summed E-state index contributed by atoms with van der Waals surface area (Å²) >= 11 is 1.46. The van der Waals surface area contributed by atoms with E-state index in [4.69, 9.17) is 0 Å². The Balaban J connectivity index is 1.25. The van der Waals surface area contributed by atoms with E-state index < -0.39 is 5.92 Å². The van der Waals surface area contributed by atoms with Gasteiger partial charge >= 0.3 is 0 Å². The third kappa shape index (κ3) is 10.7. The Morgan fingerprint density at radius 2 is 1.96 bits per heavy atom. The lowest BCUT2D eigenvalue weighted by molar-refractivity contribution is -0.111. The fourth-order valence-electron chi connectivity index (χ4n) is 5.94. The van der Waals surface area contributed by atoms with E-state index in [1.807, 2.05) is 30.4 Å². The molecule has 1 aromatic carbocycles. The molecule has 4 rings (SSSR count). The maximum absolute atomic E-state index is 13.9. The summed E-state index contributed by atoms with van der Waals surface area (Å²) in [5.74, 6) is -2.30. The number of benzene rings is 1. The van der Waals surface area contributed by atoms with E-state index in [-0.39, 0.29) is 23.0 Å². The van der Waals surface area contributed by atoms with Crippen LogP contribution >= 0.6 is 11.8 Å². The lowest BCUT2D eigenvalue weighted by atomic mass is 9.92. The predicted molar refractivity (Wildman–Crippen MR) is 188 cm³/mol. The summed E-state index contributed by atoms with van der Waals surface area (Å²) in [7, 11) is 0. The number of ketones is 2. The minimum absolute atomic E-state index is 0.0136. The molecular weight excluding hydrogens is 597 g/mol. The zero-order valence-electron chi connectivity index (χ0n) is 27.3. The minimum atomic E-state index is -2.91. The lowest BCUT2D eigenvalue weighted by Crippen LogP contribution is -2.09. The van der Waals surface area contributed by atoms with Crippen LogP contribution in [0.3, 0.4) is 0 Å². The molecule has 2 heterocycles. The summed E-state index contributed by atoms with van der Waals surface area (Å²) in [6.45, 7) is 8.84. The second-order valence-corrected chi connectivity index (χ2v) is 13.8. The number of nitrogens with zero attached hydrogens (tertiary/aromatic N) is 1. The molecule has 0 bridgehead atoms. The SMILES string of the molecule is C=C1CCCC(CCC2=CC(C(=O)/C=C/CC(C)C3=CCC=C(C(=O)/C=C/Cc4ccc(C)c(C(C)(F)F)c4)S3)=NC=C=C2)CC1. The highest BCUT2D eigenvalue weighted by atomic mass is 32.2. The third-order valence-electron chi connectivity index (χ3n) is 8.75. The maximum atomic E-state index is 13.9. The zero-order valence-corrected chi connectivity index (χ0v) is 28.1. The predicted octanol–water partition coefficient (Wildman–Crippen LogP) is 10.8. The fourth-order valence-corrected chi connectivity index (χ4v) is 7.02. The van der Waals surface area contributed by atoms with Gasteiger partial charge in [-0.3, -0.25) is 9.59 Å². The molecule has 0 saturated heterocycles. The normalized spacial score (nSPS) is 19.8. The number of thioether (sulfide) groups is 1. The van der Waals surface area contributed by atoms with Crippen molar-refractivity contribution in [3.8, 4) is 0 Å². The van der Waals surface area contributed by atoms with Crippen molar-refractivity contribution in [3.63, 3.8) is 0 Å². The molecule has 1 fully saturated rings. The molecule has 6 heteroatoms. The van der Waals surface area contributed by atoms with Crippen LogP contribution in [0.4, 0.5) is 8.78 Å². The first-order valence-electron chi connectivity index (χ1n) is 16.3.